The number of esters is 1. The average molecular weight is 410 g/mol. The molecular formula is C25H31NO4. The molecule has 0 bridgehead atoms. The van der Waals surface area contributed by atoms with E-state index in [1.54, 1.807) is 11.8 Å². The summed E-state index contributed by atoms with van der Waals surface area (Å²) in [6, 6.07) is 18.4. The number of nitrogens with zero attached hydrogens (tertiary/aromatic N) is 1. The number of hydrogen-bond donors (Lipinski definition) is 1. The highest BCUT2D eigenvalue weighted by Crippen LogP contribution is 2.32. The van der Waals surface area contributed by atoms with Gasteiger partial charge in [-0.25, -0.2) is 4.79 Å². The minimum atomic E-state index is -1.08. The molecule has 0 saturated carbocycles. The lowest BCUT2D eigenvalue weighted by molar-refractivity contribution is -0.237. The summed E-state index contributed by atoms with van der Waals surface area (Å²) in [7, 11) is 0. The molecule has 5 nitrogen and oxygen atoms in total. The van der Waals surface area contributed by atoms with Gasteiger partial charge in [-0.2, -0.15) is 0 Å². The first kappa shape index (κ1) is 22.2. The van der Waals surface area contributed by atoms with Crippen molar-refractivity contribution in [2.24, 2.45) is 0 Å². The number of aliphatic hydroxyl groups excluding tert-OH is 1. The smallest absolute Gasteiger partial charge is 0.335 e. The van der Waals surface area contributed by atoms with Gasteiger partial charge in [0.15, 0.2) is 0 Å². The van der Waals surface area contributed by atoms with Gasteiger partial charge in [0.25, 0.3) is 0 Å². The van der Waals surface area contributed by atoms with Crippen molar-refractivity contribution in [3.05, 3.63) is 65.7 Å². The van der Waals surface area contributed by atoms with Crippen LogP contribution in [0, 0.1) is 0 Å². The second-order valence-corrected chi connectivity index (χ2v) is 8.40. The predicted molar refractivity (Wildman–Crippen MR) is 118 cm³/mol. The molecule has 1 aliphatic heterocycles. The van der Waals surface area contributed by atoms with Crippen LogP contribution in [0.15, 0.2) is 60.2 Å². The highest BCUT2D eigenvalue weighted by molar-refractivity contribution is 5.99. The molecule has 3 rings (SSSR count). The molecule has 5 heteroatoms. The third-order valence-electron chi connectivity index (χ3n) is 4.99. The van der Waals surface area contributed by atoms with Crippen LogP contribution in [0.2, 0.25) is 0 Å². The Morgan fingerprint density at radius 3 is 2.40 bits per heavy atom. The number of carbonyl (C=O) groups excluding carboxylic acids is 1. The lowest BCUT2D eigenvalue weighted by Crippen LogP contribution is -2.45. The maximum absolute atomic E-state index is 12.8. The van der Waals surface area contributed by atoms with E-state index in [1.165, 1.54) is 0 Å². The van der Waals surface area contributed by atoms with E-state index in [0.717, 1.165) is 22.3 Å². The van der Waals surface area contributed by atoms with Gasteiger partial charge in [0.1, 0.15) is 0 Å². The summed E-state index contributed by atoms with van der Waals surface area (Å²) in [4.78, 5) is 14.5. The molecule has 0 radical (unpaired) electrons. The second-order valence-electron chi connectivity index (χ2n) is 8.40. The summed E-state index contributed by atoms with van der Waals surface area (Å²) in [6.45, 7) is 8.65. The van der Waals surface area contributed by atoms with Crippen LogP contribution >= 0.6 is 0 Å². The summed E-state index contributed by atoms with van der Waals surface area (Å²) >= 11 is 0. The van der Waals surface area contributed by atoms with Crippen molar-refractivity contribution in [2.75, 3.05) is 19.7 Å². The minimum absolute atomic E-state index is 0.279. The van der Waals surface area contributed by atoms with Gasteiger partial charge in [-0.15, -0.1) is 0 Å². The molecule has 0 fully saturated rings. The third-order valence-corrected chi connectivity index (χ3v) is 4.99. The van der Waals surface area contributed by atoms with Gasteiger partial charge in [-0.1, -0.05) is 48.5 Å². The Kier molecular flexibility index (Phi) is 7.08. The Morgan fingerprint density at radius 1 is 1.07 bits per heavy atom. The fourth-order valence-corrected chi connectivity index (χ4v) is 3.60. The summed E-state index contributed by atoms with van der Waals surface area (Å²) < 4.78 is 11.0. The normalized spacial score (nSPS) is 16.4. The lowest BCUT2D eigenvalue weighted by atomic mass is 9.91. The maximum atomic E-state index is 12.8. The molecule has 1 N–H and O–H groups in total. The van der Waals surface area contributed by atoms with Crippen molar-refractivity contribution in [3.8, 4) is 11.1 Å². The van der Waals surface area contributed by atoms with Crippen molar-refractivity contribution in [2.45, 2.75) is 46.1 Å². The van der Waals surface area contributed by atoms with E-state index in [9.17, 15) is 9.90 Å². The molecule has 1 unspecified atom stereocenters. The fourth-order valence-electron chi connectivity index (χ4n) is 3.60. The van der Waals surface area contributed by atoms with Crippen molar-refractivity contribution in [3.63, 3.8) is 0 Å². The van der Waals surface area contributed by atoms with Crippen molar-refractivity contribution in [1.29, 1.82) is 0 Å². The molecule has 30 heavy (non-hydrogen) atoms. The summed E-state index contributed by atoms with van der Waals surface area (Å²) in [5, 5.41) is 10.5. The molecule has 160 valence electrons. The highest BCUT2D eigenvalue weighted by atomic mass is 16.6. The zero-order valence-corrected chi connectivity index (χ0v) is 18.2. The number of carbonyl (C=O) groups is 1. The molecule has 2 aromatic carbocycles. The number of hydrogen-bond acceptors (Lipinski definition) is 5. The largest absolute Gasteiger partial charge is 0.463 e. The third kappa shape index (κ3) is 5.57. The topological polar surface area (TPSA) is 59.0 Å². The van der Waals surface area contributed by atoms with E-state index in [1.807, 2.05) is 51.1 Å². The second kappa shape index (κ2) is 9.56. The molecule has 1 atom stereocenters. The molecule has 0 saturated heterocycles. The minimum Gasteiger partial charge on any atom is -0.463 e. The van der Waals surface area contributed by atoms with Gasteiger partial charge in [-0.3, -0.25) is 4.90 Å². The molecule has 0 aromatic heterocycles. The SMILES string of the molecule is CCOC(=O)C1=C(c2cccc(-c3ccccc3)c2)CCN(C(O)OC(C)(C)C)C1. The summed E-state index contributed by atoms with van der Waals surface area (Å²) in [6.07, 6.45) is -0.455. The van der Waals surface area contributed by atoms with Gasteiger partial charge in [0.05, 0.1) is 17.8 Å². The average Bonchev–Trinajstić information content (AvgIpc) is 2.73. The van der Waals surface area contributed by atoms with Gasteiger partial charge in [0.2, 0.25) is 6.41 Å². The Bertz CT molecular complexity index is 899. The van der Waals surface area contributed by atoms with Gasteiger partial charge < -0.3 is 14.6 Å². The van der Waals surface area contributed by atoms with Crippen LogP contribution < -0.4 is 0 Å². The Hall–Kier alpha value is -2.47. The van der Waals surface area contributed by atoms with Crippen LogP contribution in [-0.4, -0.2) is 47.7 Å². The first-order chi connectivity index (χ1) is 14.3. The molecule has 1 heterocycles. The lowest BCUT2D eigenvalue weighted by Gasteiger charge is -2.36. The number of rotatable bonds is 6. The first-order valence-corrected chi connectivity index (χ1v) is 10.4. The maximum Gasteiger partial charge on any atom is 0.335 e. The van der Waals surface area contributed by atoms with Crippen LogP contribution in [0.1, 0.15) is 39.7 Å². The Morgan fingerprint density at radius 2 is 1.73 bits per heavy atom. The van der Waals surface area contributed by atoms with Crippen molar-refractivity contribution >= 4 is 11.5 Å². The highest BCUT2D eigenvalue weighted by Gasteiger charge is 2.31. The van der Waals surface area contributed by atoms with Crippen LogP contribution in [0.25, 0.3) is 16.7 Å². The van der Waals surface area contributed by atoms with E-state index in [4.69, 9.17) is 9.47 Å². The van der Waals surface area contributed by atoms with E-state index >= 15 is 0 Å². The van der Waals surface area contributed by atoms with Crippen molar-refractivity contribution in [1.82, 2.24) is 4.90 Å². The molecule has 0 spiro atoms. The van der Waals surface area contributed by atoms with Crippen LogP contribution in [0.5, 0.6) is 0 Å². The zero-order chi connectivity index (χ0) is 21.7. The van der Waals surface area contributed by atoms with E-state index < -0.39 is 12.0 Å². The number of aliphatic hydroxyl groups is 1. The molecule has 0 amide bonds. The van der Waals surface area contributed by atoms with Gasteiger partial charge >= 0.3 is 5.97 Å². The van der Waals surface area contributed by atoms with Crippen LogP contribution in [0.3, 0.4) is 0 Å². The fraction of sp³-hybridized carbons (Fsp3) is 0.400. The predicted octanol–water partition coefficient (Wildman–Crippen LogP) is 4.47. The number of ether oxygens (including phenoxy) is 2. The van der Waals surface area contributed by atoms with Gasteiger partial charge in [0, 0.05) is 13.1 Å². The number of benzene rings is 2. The van der Waals surface area contributed by atoms with Crippen LogP contribution in [0.4, 0.5) is 0 Å². The first-order valence-electron chi connectivity index (χ1n) is 10.4. The molecular weight excluding hydrogens is 378 g/mol. The van der Waals surface area contributed by atoms with E-state index in [0.29, 0.717) is 25.1 Å². The quantitative estimate of drug-likeness (QED) is 0.564. The summed E-state index contributed by atoms with van der Waals surface area (Å²) in [5.41, 5.74) is 4.28. The molecule has 0 aliphatic carbocycles. The standard InChI is InChI=1S/C25H31NO4/c1-5-29-23(27)22-17-26(24(28)30-25(2,3)4)15-14-21(22)20-13-9-12-19(16-20)18-10-7-6-8-11-18/h6-13,16,24,28H,5,14-15,17H2,1-4H3. The van der Waals surface area contributed by atoms with E-state index in [-0.39, 0.29) is 12.5 Å². The summed E-state index contributed by atoms with van der Waals surface area (Å²) in [5.74, 6) is -0.342. The molecule has 2 aromatic rings. The monoisotopic (exact) mass is 409 g/mol. The van der Waals surface area contributed by atoms with Gasteiger partial charge in [-0.05, 0) is 62.4 Å². The molecule has 1 aliphatic rings. The zero-order valence-electron chi connectivity index (χ0n) is 18.2. The van der Waals surface area contributed by atoms with E-state index in [2.05, 4.69) is 24.3 Å². The Balaban J connectivity index is 1.94. The van der Waals surface area contributed by atoms with Crippen LogP contribution in [-0.2, 0) is 14.3 Å². The van der Waals surface area contributed by atoms with Crippen molar-refractivity contribution < 1.29 is 19.4 Å². The Labute approximate surface area is 178 Å².